The molecule has 1 saturated heterocycles. The highest BCUT2D eigenvalue weighted by atomic mass is 19.4. The first-order valence-electron chi connectivity index (χ1n) is 11.5. The van der Waals surface area contributed by atoms with Crippen molar-refractivity contribution in [3.63, 3.8) is 0 Å². The van der Waals surface area contributed by atoms with Gasteiger partial charge in [0, 0.05) is 44.5 Å². The van der Waals surface area contributed by atoms with Crippen LogP contribution in [0.1, 0.15) is 24.0 Å². The third-order valence-electron chi connectivity index (χ3n) is 6.54. The third-order valence-corrected chi connectivity index (χ3v) is 6.54. The highest BCUT2D eigenvalue weighted by Crippen LogP contribution is 2.39. The summed E-state index contributed by atoms with van der Waals surface area (Å²) in [7, 11) is 3.16. The van der Waals surface area contributed by atoms with Crippen molar-refractivity contribution in [3.8, 4) is 11.5 Å². The Balaban J connectivity index is 1.25. The summed E-state index contributed by atoms with van der Waals surface area (Å²) in [4.78, 5) is 18.7. The summed E-state index contributed by atoms with van der Waals surface area (Å²) in [5.74, 6) is 1.32. The van der Waals surface area contributed by atoms with E-state index in [1.807, 2.05) is 21.9 Å². The third kappa shape index (κ3) is 5.24. The van der Waals surface area contributed by atoms with E-state index in [4.69, 9.17) is 9.47 Å². The second kappa shape index (κ2) is 10.1. The van der Waals surface area contributed by atoms with Crippen molar-refractivity contribution < 1.29 is 27.4 Å². The van der Waals surface area contributed by atoms with Crippen LogP contribution >= 0.6 is 0 Å². The van der Waals surface area contributed by atoms with Gasteiger partial charge in [0.1, 0.15) is 0 Å². The normalized spacial score (nSPS) is 16.7. The predicted molar refractivity (Wildman–Crippen MR) is 125 cm³/mol. The van der Waals surface area contributed by atoms with Crippen molar-refractivity contribution in [1.29, 1.82) is 0 Å². The van der Waals surface area contributed by atoms with Gasteiger partial charge >= 0.3 is 6.18 Å². The lowest BCUT2D eigenvalue weighted by atomic mass is 10.1. The van der Waals surface area contributed by atoms with Crippen LogP contribution in [0.2, 0.25) is 0 Å². The predicted octanol–water partition coefficient (Wildman–Crippen LogP) is 4.21. The molecule has 184 valence electrons. The van der Waals surface area contributed by atoms with E-state index >= 15 is 0 Å². The van der Waals surface area contributed by atoms with E-state index in [0.717, 1.165) is 49.8 Å². The minimum atomic E-state index is -4.33. The van der Waals surface area contributed by atoms with Crippen LogP contribution in [0.25, 0.3) is 0 Å². The average Bonchev–Trinajstić information content (AvgIpc) is 3.14. The van der Waals surface area contributed by atoms with E-state index < -0.39 is 11.7 Å². The van der Waals surface area contributed by atoms with Crippen LogP contribution in [0.4, 0.5) is 24.5 Å². The van der Waals surface area contributed by atoms with E-state index in [9.17, 15) is 18.0 Å². The fourth-order valence-corrected chi connectivity index (χ4v) is 4.66. The number of methoxy groups -OCH3 is 2. The van der Waals surface area contributed by atoms with Gasteiger partial charge in [0.15, 0.2) is 11.5 Å². The Kier molecular flexibility index (Phi) is 7.21. The molecule has 1 fully saturated rings. The van der Waals surface area contributed by atoms with Gasteiger partial charge in [0.05, 0.1) is 31.9 Å². The monoisotopic (exact) mass is 477 g/mol. The maximum absolute atomic E-state index is 13.0. The minimum absolute atomic E-state index is 0.0833. The molecule has 0 bridgehead atoms. The van der Waals surface area contributed by atoms with Gasteiger partial charge in [-0.05, 0) is 49.2 Å². The number of hydrogen-bond acceptors (Lipinski definition) is 5. The standard InChI is InChI=1S/C25H30F3N3O3/c1-33-22-14-18-15-24(32)31(21(18)17-23(22)34-2)9-4-3-8-29-10-12-30(13-11-29)20-7-5-6-19(16-20)25(26,27)28/h5-7,14,16-17H,3-4,8-13,15H2,1-2H3. The zero-order valence-corrected chi connectivity index (χ0v) is 19.5. The van der Waals surface area contributed by atoms with Crippen LogP contribution in [0, 0.1) is 0 Å². The van der Waals surface area contributed by atoms with Crippen LogP contribution in [0.15, 0.2) is 36.4 Å². The number of halogens is 3. The van der Waals surface area contributed by atoms with Crippen LogP contribution < -0.4 is 19.3 Å². The number of rotatable bonds is 8. The highest BCUT2D eigenvalue weighted by Gasteiger charge is 2.31. The molecule has 1 amide bonds. The first-order chi connectivity index (χ1) is 16.3. The van der Waals surface area contributed by atoms with Gasteiger partial charge in [-0.2, -0.15) is 13.2 Å². The molecule has 2 aliphatic heterocycles. The molecule has 6 nitrogen and oxygen atoms in total. The van der Waals surface area contributed by atoms with Crippen molar-refractivity contribution in [3.05, 3.63) is 47.5 Å². The maximum Gasteiger partial charge on any atom is 0.416 e. The molecule has 2 aromatic rings. The Morgan fingerprint density at radius 3 is 2.26 bits per heavy atom. The lowest BCUT2D eigenvalue weighted by Gasteiger charge is -2.36. The van der Waals surface area contributed by atoms with E-state index in [1.165, 1.54) is 12.1 Å². The SMILES string of the molecule is COc1cc2c(cc1OC)N(CCCCN1CCN(c3cccc(C(F)(F)F)c3)CC1)C(=O)C2. The zero-order valence-electron chi connectivity index (χ0n) is 19.5. The van der Waals surface area contributed by atoms with E-state index in [2.05, 4.69) is 4.90 Å². The maximum atomic E-state index is 13.0. The lowest BCUT2D eigenvalue weighted by Crippen LogP contribution is -2.46. The topological polar surface area (TPSA) is 45.3 Å². The number of ether oxygens (including phenoxy) is 2. The van der Waals surface area contributed by atoms with Crippen molar-refractivity contribution in [2.24, 2.45) is 0 Å². The summed E-state index contributed by atoms with van der Waals surface area (Å²) in [5.41, 5.74) is 1.85. The minimum Gasteiger partial charge on any atom is -0.493 e. The molecule has 0 aliphatic carbocycles. The van der Waals surface area contributed by atoms with Crippen LogP contribution in [-0.2, 0) is 17.4 Å². The summed E-state index contributed by atoms with van der Waals surface area (Å²) in [6.45, 7) is 4.54. The molecule has 9 heteroatoms. The number of unbranched alkanes of at least 4 members (excludes halogenated alkanes) is 1. The van der Waals surface area contributed by atoms with Crippen molar-refractivity contribution in [2.75, 3.05) is 63.3 Å². The zero-order chi connectivity index (χ0) is 24.3. The van der Waals surface area contributed by atoms with Crippen LogP contribution in [-0.4, -0.2) is 64.3 Å². The van der Waals surface area contributed by atoms with Gasteiger partial charge in [-0.15, -0.1) is 0 Å². The Morgan fingerprint density at radius 2 is 1.59 bits per heavy atom. The molecule has 0 unspecified atom stereocenters. The largest absolute Gasteiger partial charge is 0.493 e. The molecule has 0 N–H and O–H groups in total. The van der Waals surface area contributed by atoms with E-state index in [1.54, 1.807) is 20.3 Å². The number of amides is 1. The van der Waals surface area contributed by atoms with Gasteiger partial charge < -0.3 is 19.3 Å². The quantitative estimate of drug-likeness (QED) is 0.533. The molecule has 0 radical (unpaired) electrons. The number of alkyl halides is 3. The molecule has 2 aliphatic rings. The summed E-state index contributed by atoms with van der Waals surface area (Å²) < 4.78 is 49.7. The van der Waals surface area contributed by atoms with Crippen molar-refractivity contribution in [2.45, 2.75) is 25.4 Å². The summed E-state index contributed by atoms with van der Waals surface area (Å²) in [6, 6.07) is 9.28. The number of fused-ring (bicyclic) bond motifs is 1. The fourth-order valence-electron chi connectivity index (χ4n) is 4.66. The Morgan fingerprint density at radius 1 is 0.912 bits per heavy atom. The second-order valence-electron chi connectivity index (χ2n) is 8.64. The molecule has 0 atom stereocenters. The fraction of sp³-hybridized carbons (Fsp3) is 0.480. The first-order valence-corrected chi connectivity index (χ1v) is 11.5. The number of benzene rings is 2. The van der Waals surface area contributed by atoms with Crippen molar-refractivity contribution >= 4 is 17.3 Å². The van der Waals surface area contributed by atoms with E-state index in [-0.39, 0.29) is 5.91 Å². The number of anilines is 2. The molecule has 0 spiro atoms. The van der Waals surface area contributed by atoms with Gasteiger partial charge in [0.2, 0.25) is 5.91 Å². The van der Waals surface area contributed by atoms with Gasteiger partial charge in [-0.1, -0.05) is 6.07 Å². The van der Waals surface area contributed by atoms with Crippen molar-refractivity contribution in [1.82, 2.24) is 4.90 Å². The highest BCUT2D eigenvalue weighted by molar-refractivity contribution is 6.02. The Bertz CT molecular complexity index is 1020. The Labute approximate surface area is 197 Å². The summed E-state index contributed by atoms with van der Waals surface area (Å²) >= 11 is 0. The number of carbonyl (C=O) groups excluding carboxylic acids is 1. The second-order valence-corrected chi connectivity index (χ2v) is 8.64. The molecule has 2 aromatic carbocycles. The van der Waals surface area contributed by atoms with Crippen LogP contribution in [0.3, 0.4) is 0 Å². The smallest absolute Gasteiger partial charge is 0.416 e. The van der Waals surface area contributed by atoms with Gasteiger partial charge in [-0.25, -0.2) is 0 Å². The molecule has 4 rings (SSSR count). The van der Waals surface area contributed by atoms with Gasteiger partial charge in [-0.3, -0.25) is 9.69 Å². The lowest BCUT2D eigenvalue weighted by molar-refractivity contribution is -0.137. The average molecular weight is 478 g/mol. The first kappa shape index (κ1) is 24.2. The van der Waals surface area contributed by atoms with E-state index in [0.29, 0.717) is 43.2 Å². The Hall–Kier alpha value is -2.94. The molecular weight excluding hydrogens is 447 g/mol. The molecule has 2 heterocycles. The summed E-state index contributed by atoms with van der Waals surface area (Å²) in [5, 5.41) is 0. The number of piperazine rings is 1. The molecule has 0 saturated carbocycles. The molecule has 0 aromatic heterocycles. The number of nitrogens with zero attached hydrogens (tertiary/aromatic N) is 3. The summed E-state index contributed by atoms with van der Waals surface area (Å²) in [6.07, 6.45) is -2.15. The molecule has 34 heavy (non-hydrogen) atoms. The number of hydrogen-bond donors (Lipinski definition) is 0. The van der Waals surface area contributed by atoms with Crippen LogP contribution in [0.5, 0.6) is 11.5 Å². The van der Waals surface area contributed by atoms with Gasteiger partial charge in [0.25, 0.3) is 0 Å². The molecular formula is C25H30F3N3O3. The number of carbonyl (C=O) groups is 1.